The van der Waals surface area contributed by atoms with Gasteiger partial charge in [0.05, 0.1) is 11.5 Å². The van der Waals surface area contributed by atoms with Gasteiger partial charge < -0.3 is 0 Å². The Morgan fingerprint density at radius 1 is 1.35 bits per heavy atom. The highest BCUT2D eigenvalue weighted by Crippen LogP contribution is 2.24. The second-order valence-corrected chi connectivity index (χ2v) is 8.22. The highest BCUT2D eigenvalue weighted by molar-refractivity contribution is 7.91. The van der Waals surface area contributed by atoms with Gasteiger partial charge in [-0.25, -0.2) is 8.42 Å². The highest BCUT2D eigenvalue weighted by atomic mass is 32.2. The molecule has 0 aliphatic carbocycles. The molecule has 112 valence electrons. The summed E-state index contributed by atoms with van der Waals surface area (Å²) >= 11 is 0. The molecule has 0 aromatic heterocycles. The lowest BCUT2D eigenvalue weighted by molar-refractivity contribution is 0.408. The molecule has 0 amide bonds. The minimum absolute atomic E-state index is 0.135. The first-order chi connectivity index (χ1) is 9.39. The van der Waals surface area contributed by atoms with E-state index in [1.54, 1.807) is 0 Å². The van der Waals surface area contributed by atoms with Crippen LogP contribution in [0, 0.1) is 19.8 Å². The molecule has 0 saturated carbocycles. The Labute approximate surface area is 121 Å². The smallest absolute Gasteiger partial charge is 0.150 e. The van der Waals surface area contributed by atoms with E-state index in [9.17, 15) is 8.42 Å². The van der Waals surface area contributed by atoms with Gasteiger partial charge in [-0.2, -0.15) is 0 Å². The summed E-state index contributed by atoms with van der Waals surface area (Å²) < 4.78 is 23.0. The number of hydrazine groups is 1. The molecule has 1 aliphatic rings. The van der Waals surface area contributed by atoms with E-state index in [-0.39, 0.29) is 12.0 Å². The van der Waals surface area contributed by atoms with Crippen LogP contribution >= 0.6 is 0 Å². The van der Waals surface area contributed by atoms with Crippen molar-refractivity contribution in [2.24, 2.45) is 11.8 Å². The largest absolute Gasteiger partial charge is 0.271 e. The summed E-state index contributed by atoms with van der Waals surface area (Å²) in [6.45, 7) is 4.20. The third-order valence-electron chi connectivity index (χ3n) is 4.23. The van der Waals surface area contributed by atoms with Crippen molar-refractivity contribution < 1.29 is 8.42 Å². The molecule has 0 spiro atoms. The molecular weight excluding hydrogens is 272 g/mol. The minimum Gasteiger partial charge on any atom is -0.271 e. The van der Waals surface area contributed by atoms with E-state index in [4.69, 9.17) is 5.84 Å². The van der Waals surface area contributed by atoms with Crippen molar-refractivity contribution in [1.82, 2.24) is 5.43 Å². The molecule has 0 radical (unpaired) electrons. The Balaban J connectivity index is 1.97. The van der Waals surface area contributed by atoms with E-state index in [1.165, 1.54) is 16.7 Å². The van der Waals surface area contributed by atoms with E-state index in [0.717, 1.165) is 19.3 Å². The Morgan fingerprint density at radius 3 is 2.65 bits per heavy atom. The molecule has 5 heteroatoms. The maximum atomic E-state index is 11.5. The van der Waals surface area contributed by atoms with E-state index in [0.29, 0.717) is 11.5 Å². The van der Waals surface area contributed by atoms with E-state index in [2.05, 4.69) is 37.5 Å². The number of nitrogens with two attached hydrogens (primary N) is 1. The Bertz CT molecular complexity index is 569. The lowest BCUT2D eigenvalue weighted by Gasteiger charge is -2.19. The van der Waals surface area contributed by atoms with Crippen molar-refractivity contribution in [3.63, 3.8) is 0 Å². The molecule has 4 nitrogen and oxygen atoms in total. The predicted molar refractivity (Wildman–Crippen MR) is 82.1 cm³/mol. The van der Waals surface area contributed by atoms with Gasteiger partial charge in [0.2, 0.25) is 0 Å². The molecule has 1 aromatic rings. The zero-order valence-corrected chi connectivity index (χ0v) is 13.0. The molecule has 2 rings (SSSR count). The van der Waals surface area contributed by atoms with Crippen LogP contribution in [0.1, 0.15) is 29.5 Å². The van der Waals surface area contributed by atoms with Crippen LogP contribution in [-0.2, 0) is 16.3 Å². The van der Waals surface area contributed by atoms with Crippen LogP contribution in [0.25, 0.3) is 0 Å². The number of aryl methyl sites for hydroxylation is 2. The fraction of sp³-hybridized carbons (Fsp3) is 0.600. The van der Waals surface area contributed by atoms with Gasteiger partial charge >= 0.3 is 0 Å². The number of hydrogen-bond acceptors (Lipinski definition) is 4. The van der Waals surface area contributed by atoms with Crippen molar-refractivity contribution in [3.8, 4) is 0 Å². The summed E-state index contributed by atoms with van der Waals surface area (Å²) in [5.74, 6) is 6.53. The molecule has 20 heavy (non-hydrogen) atoms. The summed E-state index contributed by atoms with van der Waals surface area (Å²) in [5.41, 5.74) is 6.66. The minimum atomic E-state index is -2.80. The van der Waals surface area contributed by atoms with Crippen molar-refractivity contribution in [1.29, 1.82) is 0 Å². The molecule has 1 aromatic carbocycles. The molecule has 2 unspecified atom stereocenters. The summed E-state index contributed by atoms with van der Waals surface area (Å²) in [6.07, 6.45) is 2.43. The first-order valence-corrected chi connectivity index (χ1v) is 8.94. The number of sulfone groups is 1. The Hall–Kier alpha value is -0.910. The molecule has 3 N–H and O–H groups in total. The number of hydrogen-bond donors (Lipinski definition) is 2. The lowest BCUT2D eigenvalue weighted by Crippen LogP contribution is -2.38. The zero-order valence-electron chi connectivity index (χ0n) is 12.2. The van der Waals surface area contributed by atoms with Gasteiger partial charge in [-0.15, -0.1) is 0 Å². The van der Waals surface area contributed by atoms with Gasteiger partial charge in [-0.1, -0.05) is 18.2 Å². The second kappa shape index (κ2) is 6.24. The average molecular weight is 296 g/mol. The molecule has 1 fully saturated rings. The highest BCUT2D eigenvalue weighted by Gasteiger charge is 2.29. The first-order valence-electron chi connectivity index (χ1n) is 7.12. The first kappa shape index (κ1) is 15.5. The zero-order chi connectivity index (χ0) is 14.8. The second-order valence-electron chi connectivity index (χ2n) is 5.99. The van der Waals surface area contributed by atoms with Crippen molar-refractivity contribution in [2.75, 3.05) is 11.5 Å². The fourth-order valence-corrected chi connectivity index (χ4v) is 4.77. The molecule has 1 aliphatic heterocycles. The predicted octanol–water partition coefficient (Wildman–Crippen LogP) is 1.50. The molecular formula is C15H24N2O2S. The SMILES string of the molecule is Cc1ccc(CC(CC2CCS(=O)(=O)C2)NN)cc1C. The quantitative estimate of drug-likeness (QED) is 0.638. The van der Waals surface area contributed by atoms with Crippen molar-refractivity contribution >= 4 is 9.84 Å². The van der Waals surface area contributed by atoms with Gasteiger partial charge in [0.25, 0.3) is 0 Å². The summed E-state index contributed by atoms with van der Waals surface area (Å²) in [4.78, 5) is 0. The van der Waals surface area contributed by atoms with Crippen molar-refractivity contribution in [2.45, 2.75) is 39.2 Å². The van der Waals surface area contributed by atoms with Crippen LogP contribution in [-0.4, -0.2) is 26.0 Å². The normalized spacial score (nSPS) is 22.9. The number of benzene rings is 1. The third-order valence-corrected chi connectivity index (χ3v) is 6.07. The monoisotopic (exact) mass is 296 g/mol. The summed E-state index contributed by atoms with van der Waals surface area (Å²) in [7, 11) is -2.80. The summed E-state index contributed by atoms with van der Waals surface area (Å²) in [6, 6.07) is 6.57. The van der Waals surface area contributed by atoms with Gasteiger partial charge in [0.15, 0.2) is 9.84 Å². The lowest BCUT2D eigenvalue weighted by atomic mass is 9.94. The van der Waals surface area contributed by atoms with Crippen LogP contribution in [0.15, 0.2) is 18.2 Å². The standard InChI is InChI=1S/C15H24N2O2S/c1-11-3-4-13(7-12(11)2)8-15(17-16)9-14-5-6-20(18,19)10-14/h3-4,7,14-15,17H,5-6,8-10,16H2,1-2H3. The van der Waals surface area contributed by atoms with Crippen LogP contribution in [0.4, 0.5) is 0 Å². The molecule has 0 bridgehead atoms. The van der Waals surface area contributed by atoms with Gasteiger partial charge in [-0.05, 0) is 55.7 Å². The third kappa shape index (κ3) is 4.04. The van der Waals surface area contributed by atoms with Gasteiger partial charge in [0, 0.05) is 6.04 Å². The van der Waals surface area contributed by atoms with Crippen LogP contribution in [0.5, 0.6) is 0 Å². The maximum absolute atomic E-state index is 11.5. The topological polar surface area (TPSA) is 72.2 Å². The van der Waals surface area contributed by atoms with Crippen LogP contribution < -0.4 is 11.3 Å². The fourth-order valence-electron chi connectivity index (χ4n) is 2.89. The molecule has 2 atom stereocenters. The van der Waals surface area contributed by atoms with E-state index in [1.807, 2.05) is 0 Å². The Kier molecular flexibility index (Phi) is 4.83. The van der Waals surface area contributed by atoms with Crippen molar-refractivity contribution in [3.05, 3.63) is 34.9 Å². The molecule has 1 heterocycles. The molecule has 1 saturated heterocycles. The van der Waals surface area contributed by atoms with Gasteiger partial charge in [0.1, 0.15) is 0 Å². The average Bonchev–Trinajstić information content (AvgIpc) is 2.72. The number of nitrogens with one attached hydrogen (secondary N) is 1. The van der Waals surface area contributed by atoms with E-state index < -0.39 is 9.84 Å². The van der Waals surface area contributed by atoms with E-state index >= 15 is 0 Å². The van der Waals surface area contributed by atoms with Crippen LogP contribution in [0.2, 0.25) is 0 Å². The number of rotatable bonds is 5. The van der Waals surface area contributed by atoms with Gasteiger partial charge in [-0.3, -0.25) is 11.3 Å². The summed E-state index contributed by atoms with van der Waals surface area (Å²) in [5, 5.41) is 0. The maximum Gasteiger partial charge on any atom is 0.150 e. The van der Waals surface area contributed by atoms with Crippen LogP contribution in [0.3, 0.4) is 0 Å². The Morgan fingerprint density at radius 2 is 2.10 bits per heavy atom.